The van der Waals surface area contributed by atoms with Crippen molar-refractivity contribution in [2.75, 3.05) is 18.4 Å². The van der Waals surface area contributed by atoms with Gasteiger partial charge >= 0.3 is 5.97 Å². The Morgan fingerprint density at radius 2 is 2.08 bits per heavy atom. The molecule has 5 N–H and O–H groups in total. The van der Waals surface area contributed by atoms with Crippen LogP contribution in [0.25, 0.3) is 10.9 Å². The standard InChI is InChI=1S/C22H26N8O6S/c1-13-19(14(2)36-28-13)37(34,35)29-17(21(32)33)12-26-20(31)15-4-5-18-16(10-15)11-27-30(18)9-3-6-23-22-24-7-8-25-22/h4-5,7-8,10-11,17,29H,3,6,9,12H2,1-2H3,(H,26,31)(H,32,33)(H2,23,24,25). The van der Waals surface area contributed by atoms with E-state index in [1.54, 1.807) is 36.8 Å². The van der Waals surface area contributed by atoms with Crippen LogP contribution in [0.5, 0.6) is 0 Å². The number of aliphatic carboxylic acids is 1. The van der Waals surface area contributed by atoms with Crippen molar-refractivity contribution in [3.05, 3.63) is 53.8 Å². The second kappa shape index (κ2) is 10.8. The van der Waals surface area contributed by atoms with E-state index in [-0.39, 0.29) is 21.9 Å². The maximum atomic E-state index is 12.7. The average molecular weight is 531 g/mol. The molecule has 1 atom stereocenters. The Bertz CT molecular complexity index is 1490. The van der Waals surface area contributed by atoms with Gasteiger partial charge in [0, 0.05) is 43.0 Å². The van der Waals surface area contributed by atoms with Gasteiger partial charge in [0.2, 0.25) is 10.0 Å². The molecule has 0 fully saturated rings. The number of imidazole rings is 1. The average Bonchev–Trinajstić information content (AvgIpc) is 3.59. The van der Waals surface area contributed by atoms with Gasteiger partial charge in [-0.25, -0.2) is 13.4 Å². The Morgan fingerprint density at radius 3 is 2.76 bits per heavy atom. The minimum atomic E-state index is -4.24. The molecule has 196 valence electrons. The van der Waals surface area contributed by atoms with Gasteiger partial charge in [0.1, 0.15) is 16.6 Å². The molecular formula is C22H26N8O6S. The van der Waals surface area contributed by atoms with Crippen LogP contribution in [-0.2, 0) is 21.4 Å². The summed E-state index contributed by atoms with van der Waals surface area (Å²) in [6.45, 7) is 3.70. The summed E-state index contributed by atoms with van der Waals surface area (Å²) in [5.41, 5.74) is 1.22. The topological polar surface area (TPSA) is 197 Å². The van der Waals surface area contributed by atoms with Gasteiger partial charge in [-0.1, -0.05) is 5.16 Å². The summed E-state index contributed by atoms with van der Waals surface area (Å²) in [4.78, 5) is 31.2. The molecule has 0 spiro atoms. The van der Waals surface area contributed by atoms with Gasteiger partial charge in [0.05, 0.1) is 11.7 Å². The fourth-order valence-corrected chi connectivity index (χ4v) is 5.30. The van der Waals surface area contributed by atoms with Gasteiger partial charge in [-0.15, -0.1) is 0 Å². The zero-order chi connectivity index (χ0) is 26.6. The van der Waals surface area contributed by atoms with Crippen LogP contribution < -0.4 is 15.4 Å². The number of benzene rings is 1. The molecule has 3 aromatic heterocycles. The lowest BCUT2D eigenvalue weighted by Gasteiger charge is -2.15. The lowest BCUT2D eigenvalue weighted by molar-refractivity contribution is -0.138. The van der Waals surface area contributed by atoms with Crippen molar-refractivity contribution in [3.63, 3.8) is 0 Å². The van der Waals surface area contributed by atoms with Crippen LogP contribution in [0.2, 0.25) is 0 Å². The number of anilines is 1. The molecule has 0 saturated heterocycles. The highest BCUT2D eigenvalue weighted by molar-refractivity contribution is 7.89. The molecule has 1 unspecified atom stereocenters. The summed E-state index contributed by atoms with van der Waals surface area (Å²) in [5, 5.41) is 23.8. The Morgan fingerprint density at radius 1 is 1.27 bits per heavy atom. The molecule has 0 aliphatic heterocycles. The minimum absolute atomic E-state index is 0.0285. The number of carbonyl (C=O) groups is 2. The first-order valence-electron chi connectivity index (χ1n) is 11.3. The van der Waals surface area contributed by atoms with E-state index in [0.29, 0.717) is 19.0 Å². The van der Waals surface area contributed by atoms with Gasteiger partial charge in [0.15, 0.2) is 11.7 Å². The first-order valence-corrected chi connectivity index (χ1v) is 12.8. The molecule has 0 aliphatic carbocycles. The zero-order valence-electron chi connectivity index (χ0n) is 20.1. The number of nitrogens with zero attached hydrogens (tertiary/aromatic N) is 4. The Balaban J connectivity index is 1.36. The van der Waals surface area contributed by atoms with Crippen LogP contribution >= 0.6 is 0 Å². The van der Waals surface area contributed by atoms with E-state index in [4.69, 9.17) is 4.52 Å². The number of H-pyrrole nitrogens is 1. The number of aromatic amines is 1. The molecule has 1 aromatic carbocycles. The smallest absolute Gasteiger partial charge is 0.323 e. The summed E-state index contributed by atoms with van der Waals surface area (Å²) < 4.78 is 34.1. The number of nitrogens with one attached hydrogen (secondary N) is 4. The van der Waals surface area contributed by atoms with E-state index in [9.17, 15) is 23.1 Å². The van der Waals surface area contributed by atoms with Gasteiger partial charge in [0.25, 0.3) is 5.91 Å². The number of carboxylic acids is 1. The molecule has 1 amide bonds. The van der Waals surface area contributed by atoms with Gasteiger partial charge in [-0.2, -0.15) is 9.82 Å². The van der Waals surface area contributed by atoms with E-state index in [1.807, 2.05) is 4.68 Å². The number of sulfonamides is 1. The van der Waals surface area contributed by atoms with Crippen LogP contribution in [-0.4, -0.2) is 69.4 Å². The number of amides is 1. The normalized spacial score (nSPS) is 12.5. The molecule has 0 radical (unpaired) electrons. The van der Waals surface area contributed by atoms with E-state index >= 15 is 0 Å². The highest BCUT2D eigenvalue weighted by Crippen LogP contribution is 2.19. The monoisotopic (exact) mass is 530 g/mol. The zero-order valence-corrected chi connectivity index (χ0v) is 20.9. The molecule has 0 bridgehead atoms. The quantitative estimate of drug-likeness (QED) is 0.165. The number of carboxylic acid groups (broad SMARTS) is 1. The lowest BCUT2D eigenvalue weighted by Crippen LogP contribution is -2.48. The third-order valence-electron chi connectivity index (χ3n) is 5.54. The highest BCUT2D eigenvalue weighted by Gasteiger charge is 2.30. The van der Waals surface area contributed by atoms with Crippen molar-refractivity contribution in [2.45, 2.75) is 37.8 Å². The summed E-state index contributed by atoms with van der Waals surface area (Å²) in [6, 6.07) is 3.38. The molecule has 4 rings (SSSR count). The number of aromatic nitrogens is 5. The van der Waals surface area contributed by atoms with E-state index < -0.39 is 34.5 Å². The molecule has 0 aliphatic rings. The molecule has 14 nitrogen and oxygen atoms in total. The predicted octanol–water partition coefficient (Wildman–Crippen LogP) is 1.03. The fraction of sp³-hybridized carbons (Fsp3) is 0.318. The molecule has 15 heteroatoms. The third-order valence-corrected chi connectivity index (χ3v) is 7.26. The van der Waals surface area contributed by atoms with Crippen LogP contribution in [0.4, 0.5) is 5.95 Å². The first kappa shape index (κ1) is 25.8. The second-order valence-electron chi connectivity index (χ2n) is 8.23. The van der Waals surface area contributed by atoms with Crippen molar-refractivity contribution < 1.29 is 27.6 Å². The van der Waals surface area contributed by atoms with Crippen LogP contribution in [0.15, 0.2) is 46.2 Å². The summed E-state index contributed by atoms with van der Waals surface area (Å²) in [7, 11) is -4.24. The minimum Gasteiger partial charge on any atom is -0.480 e. The largest absolute Gasteiger partial charge is 0.480 e. The number of fused-ring (bicyclic) bond motifs is 1. The first-order chi connectivity index (χ1) is 17.7. The van der Waals surface area contributed by atoms with E-state index in [0.717, 1.165) is 17.3 Å². The van der Waals surface area contributed by atoms with Gasteiger partial charge in [-0.3, -0.25) is 14.3 Å². The molecule has 37 heavy (non-hydrogen) atoms. The van der Waals surface area contributed by atoms with Crippen molar-refractivity contribution in [1.82, 2.24) is 34.9 Å². The van der Waals surface area contributed by atoms with Gasteiger partial charge < -0.3 is 25.2 Å². The van der Waals surface area contributed by atoms with Crippen LogP contribution in [0, 0.1) is 13.8 Å². The highest BCUT2D eigenvalue weighted by atomic mass is 32.2. The Hall–Kier alpha value is -4.24. The molecular weight excluding hydrogens is 504 g/mol. The summed E-state index contributed by atoms with van der Waals surface area (Å²) in [6.07, 6.45) is 5.83. The molecule has 0 saturated carbocycles. The number of hydrogen-bond donors (Lipinski definition) is 5. The van der Waals surface area contributed by atoms with Crippen LogP contribution in [0.3, 0.4) is 0 Å². The van der Waals surface area contributed by atoms with Crippen molar-refractivity contribution in [2.24, 2.45) is 0 Å². The Labute approximate surface area is 211 Å². The maximum Gasteiger partial charge on any atom is 0.323 e. The number of hydrogen-bond acceptors (Lipinski definition) is 9. The lowest BCUT2D eigenvalue weighted by atomic mass is 10.1. The Kier molecular flexibility index (Phi) is 7.54. The summed E-state index contributed by atoms with van der Waals surface area (Å²) in [5.74, 6) is -1.28. The van der Waals surface area contributed by atoms with Crippen molar-refractivity contribution in [1.29, 1.82) is 0 Å². The van der Waals surface area contributed by atoms with Crippen LogP contribution in [0.1, 0.15) is 28.2 Å². The molecule has 4 aromatic rings. The van der Waals surface area contributed by atoms with E-state index in [1.165, 1.54) is 13.8 Å². The predicted molar refractivity (Wildman–Crippen MR) is 131 cm³/mol. The number of carbonyl (C=O) groups excluding carboxylic acids is 1. The third kappa shape index (κ3) is 5.95. The summed E-state index contributed by atoms with van der Waals surface area (Å²) >= 11 is 0. The SMILES string of the molecule is Cc1noc(C)c1S(=O)(=O)NC(CNC(=O)c1ccc2c(cnn2CCCNc2ncc[nH]2)c1)C(=O)O. The van der Waals surface area contributed by atoms with Crippen molar-refractivity contribution >= 4 is 38.8 Å². The number of aryl methyl sites for hydroxylation is 3. The van der Waals surface area contributed by atoms with E-state index in [2.05, 4.69) is 35.6 Å². The number of rotatable bonds is 12. The maximum absolute atomic E-state index is 12.7. The fourth-order valence-electron chi connectivity index (χ4n) is 3.78. The molecule has 3 heterocycles. The second-order valence-corrected chi connectivity index (χ2v) is 9.89. The van der Waals surface area contributed by atoms with Gasteiger partial charge in [-0.05, 0) is 38.5 Å². The van der Waals surface area contributed by atoms with Crippen molar-refractivity contribution in [3.8, 4) is 0 Å².